The molecule has 1 aromatic heterocycles. The first-order chi connectivity index (χ1) is 6.79. The summed E-state index contributed by atoms with van der Waals surface area (Å²) < 4.78 is 1.24. The first kappa shape index (κ1) is 9.37. The highest BCUT2D eigenvalue weighted by Gasteiger charge is 2.06. The van der Waals surface area contributed by atoms with E-state index in [1.165, 1.54) is 10.1 Å². The van der Waals surface area contributed by atoms with Gasteiger partial charge < -0.3 is 5.73 Å². The molecule has 0 bridgehead atoms. The van der Waals surface area contributed by atoms with E-state index in [1.54, 1.807) is 17.6 Å². The lowest BCUT2D eigenvalue weighted by atomic mass is 10.2. The summed E-state index contributed by atoms with van der Waals surface area (Å²) in [7, 11) is 0. The lowest BCUT2D eigenvalue weighted by molar-refractivity contribution is 0.541. The lowest BCUT2D eigenvalue weighted by Gasteiger charge is -1.97. The van der Waals surface area contributed by atoms with E-state index in [1.807, 2.05) is 12.1 Å². The van der Waals surface area contributed by atoms with Gasteiger partial charge in [-0.05, 0) is 17.5 Å². The number of carbonyl (C=O) groups excluding carboxylic acids is 1. The van der Waals surface area contributed by atoms with Gasteiger partial charge in [-0.15, -0.1) is 11.3 Å². The molecular formula is C11H10NOS. The Morgan fingerprint density at radius 2 is 2.21 bits per heavy atom. The van der Waals surface area contributed by atoms with Crippen LogP contribution in [-0.4, -0.2) is 12.3 Å². The van der Waals surface area contributed by atoms with Crippen LogP contribution in [0.5, 0.6) is 0 Å². The Morgan fingerprint density at radius 3 is 2.93 bits per heavy atom. The fraction of sp³-hybridized carbons (Fsp3) is 0.182. The number of nitrogens with two attached hydrogens (primary N) is 1. The van der Waals surface area contributed by atoms with Crippen molar-refractivity contribution in [3.8, 4) is 0 Å². The number of benzene rings is 1. The maximum atomic E-state index is 10.3. The second-order valence-electron chi connectivity index (χ2n) is 3.18. The summed E-state index contributed by atoms with van der Waals surface area (Å²) in [5.74, 6) is 0. The van der Waals surface area contributed by atoms with E-state index in [4.69, 9.17) is 5.73 Å². The van der Waals surface area contributed by atoms with Gasteiger partial charge in [0.2, 0.25) is 6.29 Å². The molecule has 0 aliphatic carbocycles. The average molecular weight is 204 g/mol. The van der Waals surface area contributed by atoms with Crippen molar-refractivity contribution in [1.29, 1.82) is 0 Å². The minimum absolute atomic E-state index is 0.497. The molecule has 0 fully saturated rings. The third-order valence-corrected chi connectivity index (χ3v) is 3.19. The highest BCUT2D eigenvalue weighted by atomic mass is 32.1. The van der Waals surface area contributed by atoms with Gasteiger partial charge >= 0.3 is 0 Å². The molecule has 3 heteroatoms. The van der Waals surface area contributed by atoms with Crippen molar-refractivity contribution in [1.82, 2.24) is 0 Å². The molecule has 71 valence electrons. The quantitative estimate of drug-likeness (QED) is 0.829. The number of fused-ring (bicyclic) bond motifs is 1. The molecule has 2 rings (SSSR count). The molecule has 2 nitrogen and oxygen atoms in total. The van der Waals surface area contributed by atoms with Gasteiger partial charge in [0.1, 0.15) is 0 Å². The molecule has 2 aromatic rings. The maximum Gasteiger partial charge on any atom is 0.217 e. The first-order valence-corrected chi connectivity index (χ1v) is 5.22. The van der Waals surface area contributed by atoms with Crippen LogP contribution in [-0.2, 0) is 11.2 Å². The molecule has 0 saturated carbocycles. The zero-order chi connectivity index (χ0) is 9.97. The van der Waals surface area contributed by atoms with E-state index < -0.39 is 6.04 Å². The number of thiophene rings is 1. The standard InChI is InChI=1S/C11H10NOS/c12-9(7-13)6-10-5-8-3-1-2-4-11(8)14-10/h1-5,9H,6,12H2/t9-/m1/s1. The molecule has 14 heavy (non-hydrogen) atoms. The van der Waals surface area contributed by atoms with Crippen molar-refractivity contribution >= 4 is 27.7 Å². The normalized spacial score (nSPS) is 12.9. The Morgan fingerprint density at radius 1 is 1.43 bits per heavy atom. The van der Waals surface area contributed by atoms with Crippen molar-refractivity contribution in [2.45, 2.75) is 12.5 Å². The monoisotopic (exact) mass is 204 g/mol. The van der Waals surface area contributed by atoms with E-state index in [-0.39, 0.29) is 0 Å². The van der Waals surface area contributed by atoms with Crippen molar-refractivity contribution in [2.75, 3.05) is 0 Å². The Hall–Kier alpha value is -1.19. The predicted octanol–water partition coefficient (Wildman–Crippen LogP) is 1.88. The van der Waals surface area contributed by atoms with E-state index >= 15 is 0 Å². The second kappa shape index (κ2) is 3.90. The summed E-state index contributed by atoms with van der Waals surface area (Å²) in [4.78, 5) is 11.4. The summed E-state index contributed by atoms with van der Waals surface area (Å²) in [6.45, 7) is 0. The van der Waals surface area contributed by atoms with Crippen LogP contribution in [0.15, 0.2) is 30.3 Å². The van der Waals surface area contributed by atoms with Gasteiger partial charge in [0.25, 0.3) is 0 Å². The molecule has 0 saturated heterocycles. The van der Waals surface area contributed by atoms with E-state index in [0.717, 1.165) is 4.88 Å². The Balaban J connectivity index is 2.31. The average Bonchev–Trinajstić information content (AvgIpc) is 2.59. The van der Waals surface area contributed by atoms with Crippen LogP contribution in [0.3, 0.4) is 0 Å². The van der Waals surface area contributed by atoms with Gasteiger partial charge in [-0.1, -0.05) is 18.2 Å². The fourth-order valence-electron chi connectivity index (χ4n) is 1.40. The largest absolute Gasteiger partial charge is 0.321 e. The van der Waals surface area contributed by atoms with Gasteiger partial charge in [0.05, 0.1) is 6.04 Å². The molecule has 0 unspecified atom stereocenters. The van der Waals surface area contributed by atoms with Crippen LogP contribution < -0.4 is 5.73 Å². The Bertz CT molecular complexity index is 416. The lowest BCUT2D eigenvalue weighted by Crippen LogP contribution is -2.23. The highest BCUT2D eigenvalue weighted by molar-refractivity contribution is 7.19. The minimum atomic E-state index is -0.497. The summed E-state index contributed by atoms with van der Waals surface area (Å²) in [6, 6.07) is 9.73. The molecule has 1 radical (unpaired) electrons. The summed E-state index contributed by atoms with van der Waals surface area (Å²) in [5, 5.41) is 1.21. The first-order valence-electron chi connectivity index (χ1n) is 4.40. The Labute approximate surface area is 86.3 Å². The van der Waals surface area contributed by atoms with Crippen LogP contribution in [0.25, 0.3) is 10.1 Å². The second-order valence-corrected chi connectivity index (χ2v) is 4.35. The highest BCUT2D eigenvalue weighted by Crippen LogP contribution is 2.25. The van der Waals surface area contributed by atoms with Crippen molar-refractivity contribution in [2.24, 2.45) is 5.73 Å². The molecule has 0 amide bonds. The van der Waals surface area contributed by atoms with Gasteiger partial charge in [0, 0.05) is 16.0 Å². The smallest absolute Gasteiger partial charge is 0.217 e. The molecule has 0 spiro atoms. The zero-order valence-electron chi connectivity index (χ0n) is 7.57. The van der Waals surface area contributed by atoms with Crippen molar-refractivity contribution < 1.29 is 4.79 Å². The van der Waals surface area contributed by atoms with Crippen LogP contribution in [0.1, 0.15) is 4.88 Å². The molecule has 2 N–H and O–H groups in total. The SMILES string of the molecule is N[C@@H]([C]=O)Cc1cc2ccccc2s1. The summed E-state index contributed by atoms with van der Waals surface area (Å²) in [5.41, 5.74) is 5.51. The van der Waals surface area contributed by atoms with E-state index in [9.17, 15) is 4.79 Å². The minimum Gasteiger partial charge on any atom is -0.321 e. The van der Waals surface area contributed by atoms with Gasteiger partial charge in [-0.25, -0.2) is 0 Å². The van der Waals surface area contributed by atoms with Crippen LogP contribution >= 0.6 is 11.3 Å². The molecule has 0 aliphatic rings. The third kappa shape index (κ3) is 1.84. The molecular weight excluding hydrogens is 194 g/mol. The van der Waals surface area contributed by atoms with Gasteiger partial charge in [0.15, 0.2) is 0 Å². The van der Waals surface area contributed by atoms with E-state index in [2.05, 4.69) is 18.2 Å². The van der Waals surface area contributed by atoms with E-state index in [0.29, 0.717) is 6.42 Å². The van der Waals surface area contributed by atoms with Crippen molar-refractivity contribution in [3.63, 3.8) is 0 Å². The summed E-state index contributed by atoms with van der Waals surface area (Å²) in [6.07, 6.45) is 2.38. The molecule has 0 aliphatic heterocycles. The topological polar surface area (TPSA) is 43.1 Å². The van der Waals surface area contributed by atoms with Crippen LogP contribution in [0.2, 0.25) is 0 Å². The van der Waals surface area contributed by atoms with Crippen LogP contribution in [0, 0.1) is 0 Å². The van der Waals surface area contributed by atoms with Gasteiger partial charge in [-0.2, -0.15) is 0 Å². The maximum absolute atomic E-state index is 10.3. The third-order valence-electron chi connectivity index (χ3n) is 2.05. The van der Waals surface area contributed by atoms with Crippen LogP contribution in [0.4, 0.5) is 0 Å². The number of rotatable bonds is 3. The number of hydrogen-bond acceptors (Lipinski definition) is 3. The fourth-order valence-corrected chi connectivity index (χ4v) is 2.52. The predicted molar refractivity (Wildman–Crippen MR) is 59.2 cm³/mol. The molecule has 1 heterocycles. The van der Waals surface area contributed by atoms with Crippen molar-refractivity contribution in [3.05, 3.63) is 35.2 Å². The molecule has 1 aromatic carbocycles. The zero-order valence-corrected chi connectivity index (χ0v) is 8.38. The summed E-state index contributed by atoms with van der Waals surface area (Å²) >= 11 is 1.68. The Kier molecular flexibility index (Phi) is 2.61. The number of hydrogen-bond donors (Lipinski definition) is 1. The van der Waals surface area contributed by atoms with Gasteiger partial charge in [-0.3, -0.25) is 4.79 Å². The molecule has 1 atom stereocenters.